The van der Waals surface area contributed by atoms with Crippen LogP contribution in [0.2, 0.25) is 0 Å². The van der Waals surface area contributed by atoms with Crippen molar-refractivity contribution >= 4 is 18.0 Å². The molecule has 0 bridgehead atoms. The summed E-state index contributed by atoms with van der Waals surface area (Å²) in [4.78, 5) is 24.5. The minimum Gasteiger partial charge on any atom is -0.489 e. The number of rotatable bonds is 19. The smallest absolute Gasteiger partial charge is 0.259 e. The molecule has 4 rings (SSSR count). The van der Waals surface area contributed by atoms with Gasteiger partial charge in [-0.3, -0.25) is 9.59 Å². The van der Waals surface area contributed by atoms with Crippen molar-refractivity contribution in [3.63, 3.8) is 0 Å². The minimum atomic E-state index is -0.386. The Balaban J connectivity index is 1.27. The number of hydrazone groups is 1. The van der Waals surface area contributed by atoms with Gasteiger partial charge >= 0.3 is 0 Å². The summed E-state index contributed by atoms with van der Waals surface area (Å²) in [6.07, 6.45) is 14.6. The molecule has 236 valence electrons. The second-order valence-corrected chi connectivity index (χ2v) is 11.2. The van der Waals surface area contributed by atoms with Crippen molar-refractivity contribution in [2.24, 2.45) is 5.10 Å². The highest BCUT2D eigenvalue weighted by molar-refractivity contribution is 5.90. The van der Waals surface area contributed by atoms with Crippen molar-refractivity contribution in [1.29, 1.82) is 0 Å². The summed E-state index contributed by atoms with van der Waals surface area (Å²) in [6.45, 7) is 2.60. The van der Waals surface area contributed by atoms with Gasteiger partial charge in [-0.25, -0.2) is 10.1 Å². The maximum Gasteiger partial charge on any atom is 0.259 e. The number of carbonyl (C=O) groups excluding carboxylic acids is 2. The maximum atomic E-state index is 12.4. The second-order valence-electron chi connectivity index (χ2n) is 11.2. The Bertz CT molecular complexity index is 1470. The van der Waals surface area contributed by atoms with Crippen LogP contribution in [0.25, 0.3) is 16.9 Å². The number of hydrogen-bond acceptors (Lipinski definition) is 5. The first-order chi connectivity index (χ1) is 22.1. The third-order valence-electron chi connectivity index (χ3n) is 7.49. The lowest BCUT2D eigenvalue weighted by atomic mass is 10.1. The number of aromatic nitrogens is 2. The zero-order chi connectivity index (χ0) is 31.5. The topological polar surface area (TPSA) is 97.6 Å². The van der Waals surface area contributed by atoms with E-state index < -0.39 is 0 Å². The summed E-state index contributed by atoms with van der Waals surface area (Å²) in [5, 5.41) is 11.7. The van der Waals surface area contributed by atoms with Crippen LogP contribution in [0.3, 0.4) is 0 Å². The maximum absolute atomic E-state index is 12.4. The highest BCUT2D eigenvalue weighted by atomic mass is 16.5. The Hall–Kier alpha value is -4.72. The Morgan fingerprint density at radius 3 is 2.13 bits per heavy atom. The molecule has 0 aliphatic heterocycles. The number of carbonyl (C=O) groups is 2. The Labute approximate surface area is 266 Å². The van der Waals surface area contributed by atoms with Gasteiger partial charge in [0.2, 0.25) is 5.91 Å². The normalized spacial score (nSPS) is 11.0. The molecule has 8 nitrogen and oxygen atoms in total. The highest BCUT2D eigenvalue weighted by Crippen LogP contribution is 2.25. The van der Waals surface area contributed by atoms with E-state index in [0.29, 0.717) is 18.7 Å². The number of amides is 2. The third kappa shape index (κ3) is 11.7. The van der Waals surface area contributed by atoms with E-state index in [2.05, 4.69) is 22.8 Å². The zero-order valence-corrected chi connectivity index (χ0v) is 26.3. The van der Waals surface area contributed by atoms with Gasteiger partial charge in [-0.1, -0.05) is 107 Å². The van der Waals surface area contributed by atoms with Crippen LogP contribution in [0.4, 0.5) is 0 Å². The van der Waals surface area contributed by atoms with Crippen molar-refractivity contribution in [2.75, 3.05) is 6.54 Å². The summed E-state index contributed by atoms with van der Waals surface area (Å²) in [5.74, 6) is 0.260. The van der Waals surface area contributed by atoms with E-state index in [-0.39, 0.29) is 18.4 Å². The van der Waals surface area contributed by atoms with Crippen LogP contribution in [0.5, 0.6) is 5.75 Å². The fraction of sp³-hybridized carbons (Fsp3) is 0.351. The van der Waals surface area contributed by atoms with Gasteiger partial charge in [0.15, 0.2) is 0 Å². The standard InChI is InChI=1S/C37H45N5O3/c1-2-3-4-5-6-7-8-9-16-21-35(43)38-27-36(44)40-39-26-32-28-42(33-19-14-11-15-20-33)41-37(32)31-22-24-34(25-23-31)45-29-30-17-12-10-13-18-30/h10-15,17-20,22-26,28H,2-9,16,21,27,29H2,1H3,(H,38,43)(H,40,44)/b39-26+. The molecule has 2 amide bonds. The van der Waals surface area contributed by atoms with Gasteiger partial charge < -0.3 is 10.1 Å². The van der Waals surface area contributed by atoms with E-state index in [1.807, 2.05) is 91.1 Å². The lowest BCUT2D eigenvalue weighted by molar-refractivity contribution is -0.126. The summed E-state index contributed by atoms with van der Waals surface area (Å²) in [6, 6.07) is 27.6. The van der Waals surface area contributed by atoms with Crippen LogP contribution in [-0.4, -0.2) is 34.4 Å². The minimum absolute atomic E-state index is 0.111. The number of nitrogens with zero attached hydrogens (tertiary/aromatic N) is 3. The summed E-state index contributed by atoms with van der Waals surface area (Å²) in [7, 11) is 0. The van der Waals surface area contributed by atoms with Crippen molar-refractivity contribution in [2.45, 2.75) is 77.7 Å². The van der Waals surface area contributed by atoms with Gasteiger partial charge in [0.25, 0.3) is 5.91 Å². The first kappa shape index (κ1) is 33.2. The SMILES string of the molecule is CCCCCCCCCCCC(=O)NCC(=O)N/N=C/c1cn(-c2ccccc2)nc1-c1ccc(OCc2ccccc2)cc1. The van der Waals surface area contributed by atoms with E-state index in [9.17, 15) is 9.59 Å². The van der Waals surface area contributed by atoms with E-state index >= 15 is 0 Å². The first-order valence-corrected chi connectivity index (χ1v) is 16.1. The number of benzene rings is 3. The van der Waals surface area contributed by atoms with E-state index in [1.165, 1.54) is 38.5 Å². The van der Waals surface area contributed by atoms with Crippen LogP contribution >= 0.6 is 0 Å². The molecular formula is C37H45N5O3. The largest absolute Gasteiger partial charge is 0.489 e. The Morgan fingerprint density at radius 2 is 1.44 bits per heavy atom. The molecule has 0 aliphatic rings. The number of hydrogen-bond donors (Lipinski definition) is 2. The molecular weight excluding hydrogens is 562 g/mol. The highest BCUT2D eigenvalue weighted by Gasteiger charge is 2.12. The van der Waals surface area contributed by atoms with Gasteiger partial charge in [-0.2, -0.15) is 10.2 Å². The van der Waals surface area contributed by atoms with Crippen molar-refractivity contribution < 1.29 is 14.3 Å². The molecule has 45 heavy (non-hydrogen) atoms. The van der Waals surface area contributed by atoms with E-state index in [0.717, 1.165) is 47.4 Å². The molecule has 4 aromatic rings. The zero-order valence-electron chi connectivity index (χ0n) is 26.3. The van der Waals surface area contributed by atoms with Crippen LogP contribution < -0.4 is 15.5 Å². The number of para-hydroxylation sites is 1. The first-order valence-electron chi connectivity index (χ1n) is 16.1. The van der Waals surface area contributed by atoms with E-state index in [4.69, 9.17) is 9.84 Å². The molecule has 8 heteroatoms. The number of unbranched alkanes of at least 4 members (excludes halogenated alkanes) is 8. The summed E-state index contributed by atoms with van der Waals surface area (Å²) < 4.78 is 7.72. The molecule has 1 heterocycles. The Kier molecular flexibility index (Phi) is 13.9. The quantitative estimate of drug-likeness (QED) is 0.0651. The van der Waals surface area contributed by atoms with Crippen molar-refractivity contribution in [3.05, 3.63) is 102 Å². The van der Waals surface area contributed by atoms with Gasteiger partial charge in [-0.05, 0) is 48.4 Å². The molecule has 1 aromatic heterocycles. The van der Waals surface area contributed by atoms with Gasteiger partial charge in [-0.15, -0.1) is 0 Å². The summed E-state index contributed by atoms with van der Waals surface area (Å²) in [5.41, 5.74) is 6.84. The van der Waals surface area contributed by atoms with Gasteiger partial charge in [0, 0.05) is 23.7 Å². The molecule has 0 saturated heterocycles. The number of ether oxygens (including phenoxy) is 1. The predicted octanol–water partition coefficient (Wildman–Crippen LogP) is 7.61. The molecule has 0 saturated carbocycles. The van der Waals surface area contributed by atoms with Gasteiger partial charge in [0.1, 0.15) is 18.1 Å². The average molecular weight is 608 g/mol. The molecule has 0 unspecified atom stereocenters. The summed E-state index contributed by atoms with van der Waals surface area (Å²) >= 11 is 0. The van der Waals surface area contributed by atoms with Gasteiger partial charge in [0.05, 0.1) is 18.4 Å². The fourth-order valence-electron chi connectivity index (χ4n) is 4.95. The van der Waals surface area contributed by atoms with Crippen LogP contribution in [0.15, 0.2) is 96.2 Å². The second kappa shape index (κ2) is 18.8. The number of nitrogens with one attached hydrogen (secondary N) is 2. The monoisotopic (exact) mass is 607 g/mol. The van der Waals surface area contributed by atoms with Crippen molar-refractivity contribution in [3.8, 4) is 22.7 Å². The van der Waals surface area contributed by atoms with Crippen LogP contribution in [0, 0.1) is 0 Å². The molecule has 0 fully saturated rings. The molecule has 0 aliphatic carbocycles. The lowest BCUT2D eigenvalue weighted by Crippen LogP contribution is -2.34. The van der Waals surface area contributed by atoms with Crippen molar-refractivity contribution in [1.82, 2.24) is 20.5 Å². The molecule has 2 N–H and O–H groups in total. The molecule has 0 radical (unpaired) electrons. The third-order valence-corrected chi connectivity index (χ3v) is 7.49. The molecule has 0 atom stereocenters. The lowest BCUT2D eigenvalue weighted by Gasteiger charge is -2.07. The van der Waals surface area contributed by atoms with E-state index in [1.54, 1.807) is 10.9 Å². The molecule has 0 spiro atoms. The fourth-order valence-corrected chi connectivity index (χ4v) is 4.95. The molecule has 3 aromatic carbocycles. The Morgan fingerprint density at radius 1 is 0.800 bits per heavy atom. The van der Waals surface area contributed by atoms with Crippen LogP contribution in [-0.2, 0) is 16.2 Å². The predicted molar refractivity (Wildman–Crippen MR) is 180 cm³/mol. The average Bonchev–Trinajstić information content (AvgIpc) is 3.51. The van der Waals surface area contributed by atoms with Crippen LogP contribution in [0.1, 0.15) is 82.3 Å².